The average molecular weight is 368 g/mol. The van der Waals surface area contributed by atoms with E-state index in [9.17, 15) is 18.0 Å². The van der Waals surface area contributed by atoms with E-state index < -0.39 is 16.0 Å². The third kappa shape index (κ3) is 5.54. The minimum Gasteiger partial charge on any atom is -0.481 e. The number of nitrogens with zero attached hydrogens (tertiary/aromatic N) is 1. The molecule has 25 heavy (non-hydrogen) atoms. The quantitative estimate of drug-likeness (QED) is 0.768. The lowest BCUT2D eigenvalue weighted by Gasteiger charge is -2.29. The van der Waals surface area contributed by atoms with Gasteiger partial charge in [-0.15, -0.1) is 0 Å². The van der Waals surface area contributed by atoms with Gasteiger partial charge in [0.25, 0.3) is 0 Å². The van der Waals surface area contributed by atoms with Crippen molar-refractivity contribution in [1.82, 2.24) is 4.31 Å². The number of carbonyl (C=O) groups excluding carboxylic acids is 1. The van der Waals surface area contributed by atoms with Gasteiger partial charge in [0, 0.05) is 31.6 Å². The molecule has 1 heterocycles. The zero-order chi connectivity index (χ0) is 18.4. The number of hydrogen-bond acceptors (Lipinski definition) is 4. The molecule has 1 aromatic rings. The van der Waals surface area contributed by atoms with E-state index in [2.05, 4.69) is 12.2 Å². The minimum absolute atomic E-state index is 0.0565. The van der Waals surface area contributed by atoms with Crippen molar-refractivity contribution < 1.29 is 23.1 Å². The van der Waals surface area contributed by atoms with Gasteiger partial charge >= 0.3 is 5.97 Å². The number of anilines is 1. The number of amides is 1. The van der Waals surface area contributed by atoms with Gasteiger partial charge in [-0.2, -0.15) is 4.31 Å². The van der Waals surface area contributed by atoms with E-state index in [1.165, 1.54) is 16.4 Å². The number of piperidine rings is 1. The average Bonchev–Trinajstić information content (AvgIpc) is 2.55. The van der Waals surface area contributed by atoms with Crippen molar-refractivity contribution in [3.8, 4) is 0 Å². The SMILES string of the molecule is CC1CCN(S(=O)(=O)c2ccc(NC(=O)CCCC(=O)O)cc2)CC1. The van der Waals surface area contributed by atoms with Crippen LogP contribution in [0, 0.1) is 5.92 Å². The zero-order valence-electron chi connectivity index (χ0n) is 14.3. The largest absolute Gasteiger partial charge is 0.481 e. The van der Waals surface area contributed by atoms with E-state index in [0.29, 0.717) is 24.7 Å². The predicted molar refractivity (Wildman–Crippen MR) is 93.7 cm³/mol. The van der Waals surface area contributed by atoms with Crippen LogP contribution < -0.4 is 5.32 Å². The fourth-order valence-corrected chi connectivity index (χ4v) is 4.18. The Morgan fingerprint density at radius 1 is 1.16 bits per heavy atom. The number of rotatable bonds is 7. The number of sulfonamides is 1. The summed E-state index contributed by atoms with van der Waals surface area (Å²) in [5, 5.41) is 11.2. The van der Waals surface area contributed by atoms with Crippen molar-refractivity contribution in [3.05, 3.63) is 24.3 Å². The molecule has 0 saturated carbocycles. The van der Waals surface area contributed by atoms with Crippen LogP contribution in [-0.4, -0.2) is 42.8 Å². The van der Waals surface area contributed by atoms with Gasteiger partial charge in [0.1, 0.15) is 0 Å². The van der Waals surface area contributed by atoms with Crippen LogP contribution >= 0.6 is 0 Å². The number of carbonyl (C=O) groups is 2. The highest BCUT2D eigenvalue weighted by molar-refractivity contribution is 7.89. The maximum atomic E-state index is 12.6. The Labute approximate surface area is 148 Å². The smallest absolute Gasteiger partial charge is 0.303 e. The first-order valence-electron chi connectivity index (χ1n) is 8.41. The molecular weight excluding hydrogens is 344 g/mol. The van der Waals surface area contributed by atoms with Gasteiger partial charge in [0.05, 0.1) is 4.90 Å². The summed E-state index contributed by atoms with van der Waals surface area (Å²) in [6, 6.07) is 6.07. The first-order valence-corrected chi connectivity index (χ1v) is 9.85. The maximum absolute atomic E-state index is 12.6. The van der Waals surface area contributed by atoms with Crippen molar-refractivity contribution in [1.29, 1.82) is 0 Å². The lowest BCUT2D eigenvalue weighted by Crippen LogP contribution is -2.37. The molecule has 0 unspecified atom stereocenters. The Balaban J connectivity index is 1.94. The molecule has 0 atom stereocenters. The number of carboxylic acids is 1. The molecule has 138 valence electrons. The Bertz CT molecular complexity index is 707. The number of aliphatic carboxylic acids is 1. The third-order valence-electron chi connectivity index (χ3n) is 4.31. The van der Waals surface area contributed by atoms with Gasteiger partial charge in [0.2, 0.25) is 15.9 Å². The Kier molecular flexibility index (Phi) is 6.55. The standard InChI is InChI=1S/C17H24N2O5S/c1-13-9-11-19(12-10-13)25(23,24)15-7-5-14(6-8-15)18-16(20)3-2-4-17(21)22/h5-8,13H,2-4,9-12H2,1H3,(H,18,20)(H,21,22). The normalized spacial score (nSPS) is 16.5. The number of carboxylic acid groups (broad SMARTS) is 1. The van der Waals surface area contributed by atoms with E-state index in [-0.39, 0.29) is 30.1 Å². The second kappa shape index (κ2) is 8.44. The maximum Gasteiger partial charge on any atom is 0.303 e. The molecule has 1 amide bonds. The van der Waals surface area contributed by atoms with Crippen LogP contribution in [0.4, 0.5) is 5.69 Å². The molecule has 0 aromatic heterocycles. The molecule has 1 aromatic carbocycles. The fraction of sp³-hybridized carbons (Fsp3) is 0.529. The van der Waals surface area contributed by atoms with E-state index >= 15 is 0 Å². The summed E-state index contributed by atoms with van der Waals surface area (Å²) in [7, 11) is -3.50. The van der Waals surface area contributed by atoms with Crippen LogP contribution in [0.15, 0.2) is 29.2 Å². The second-order valence-corrected chi connectivity index (χ2v) is 8.34. The molecule has 0 bridgehead atoms. The number of benzene rings is 1. The first kappa shape index (κ1) is 19.4. The van der Waals surface area contributed by atoms with Crippen molar-refractivity contribution in [2.24, 2.45) is 5.92 Å². The molecule has 0 aliphatic carbocycles. The highest BCUT2D eigenvalue weighted by Gasteiger charge is 2.27. The summed E-state index contributed by atoms with van der Waals surface area (Å²) in [4.78, 5) is 22.4. The molecule has 1 aliphatic rings. The molecule has 2 N–H and O–H groups in total. The minimum atomic E-state index is -3.50. The fourth-order valence-electron chi connectivity index (χ4n) is 2.71. The Morgan fingerprint density at radius 3 is 2.32 bits per heavy atom. The molecule has 0 spiro atoms. The molecule has 7 nitrogen and oxygen atoms in total. The molecule has 1 fully saturated rings. The van der Waals surface area contributed by atoms with Crippen LogP contribution in [0.2, 0.25) is 0 Å². The van der Waals surface area contributed by atoms with Gasteiger partial charge in [0.15, 0.2) is 0 Å². The van der Waals surface area contributed by atoms with E-state index in [1.807, 2.05) is 0 Å². The van der Waals surface area contributed by atoms with Crippen molar-refractivity contribution >= 4 is 27.6 Å². The second-order valence-electron chi connectivity index (χ2n) is 6.41. The number of hydrogen-bond donors (Lipinski definition) is 2. The third-order valence-corrected chi connectivity index (χ3v) is 6.23. The lowest BCUT2D eigenvalue weighted by atomic mass is 10.0. The summed E-state index contributed by atoms with van der Waals surface area (Å²) in [5.41, 5.74) is 0.492. The Morgan fingerprint density at radius 2 is 1.76 bits per heavy atom. The molecule has 8 heteroatoms. The molecule has 1 aliphatic heterocycles. The van der Waals surface area contributed by atoms with Gasteiger partial charge in [-0.25, -0.2) is 8.42 Å². The summed E-state index contributed by atoms with van der Waals surface area (Å²) < 4.78 is 26.7. The van der Waals surface area contributed by atoms with Crippen LogP contribution in [0.1, 0.15) is 39.0 Å². The van der Waals surface area contributed by atoms with Gasteiger partial charge < -0.3 is 10.4 Å². The molecule has 0 radical (unpaired) electrons. The van der Waals surface area contributed by atoms with Crippen molar-refractivity contribution in [3.63, 3.8) is 0 Å². The van der Waals surface area contributed by atoms with Crippen molar-refractivity contribution in [2.45, 2.75) is 43.9 Å². The zero-order valence-corrected chi connectivity index (χ0v) is 15.1. The van der Waals surface area contributed by atoms with Gasteiger partial charge in [-0.3, -0.25) is 9.59 Å². The van der Waals surface area contributed by atoms with Crippen LogP contribution in [-0.2, 0) is 19.6 Å². The monoisotopic (exact) mass is 368 g/mol. The predicted octanol–water partition coefficient (Wildman–Crippen LogP) is 2.30. The summed E-state index contributed by atoms with van der Waals surface area (Å²) in [6.07, 6.45) is 2.05. The van der Waals surface area contributed by atoms with Crippen LogP contribution in [0.25, 0.3) is 0 Å². The summed E-state index contributed by atoms with van der Waals surface area (Å²) >= 11 is 0. The van der Waals surface area contributed by atoms with Crippen LogP contribution in [0.3, 0.4) is 0 Å². The van der Waals surface area contributed by atoms with E-state index in [1.54, 1.807) is 12.1 Å². The highest BCUT2D eigenvalue weighted by atomic mass is 32.2. The highest BCUT2D eigenvalue weighted by Crippen LogP contribution is 2.24. The first-order chi connectivity index (χ1) is 11.8. The topological polar surface area (TPSA) is 104 Å². The summed E-state index contributed by atoms with van der Waals surface area (Å²) in [6.45, 7) is 3.19. The van der Waals surface area contributed by atoms with Gasteiger partial charge in [-0.1, -0.05) is 6.92 Å². The lowest BCUT2D eigenvalue weighted by molar-refractivity contribution is -0.137. The molecule has 1 saturated heterocycles. The van der Waals surface area contributed by atoms with Gasteiger partial charge in [-0.05, 0) is 49.4 Å². The molecule has 2 rings (SSSR count). The summed E-state index contributed by atoms with van der Waals surface area (Å²) in [5.74, 6) is -0.679. The van der Waals surface area contributed by atoms with Crippen molar-refractivity contribution in [2.75, 3.05) is 18.4 Å². The molecular formula is C17H24N2O5S. The van der Waals surface area contributed by atoms with E-state index in [0.717, 1.165) is 12.8 Å². The van der Waals surface area contributed by atoms with E-state index in [4.69, 9.17) is 5.11 Å². The van der Waals surface area contributed by atoms with Crippen LogP contribution in [0.5, 0.6) is 0 Å². The number of nitrogens with one attached hydrogen (secondary N) is 1. The Hall–Kier alpha value is -1.93.